The third-order valence-electron chi connectivity index (χ3n) is 2.99. The molecule has 2 rings (SSSR count). The first kappa shape index (κ1) is 13.5. The van der Waals surface area contributed by atoms with E-state index in [-0.39, 0.29) is 12.5 Å². The summed E-state index contributed by atoms with van der Waals surface area (Å²) in [7, 11) is 0. The molecule has 2 heterocycles. The molecule has 5 nitrogen and oxygen atoms in total. The van der Waals surface area contributed by atoms with Gasteiger partial charge in [-0.1, -0.05) is 0 Å². The monoisotopic (exact) mass is 278 g/mol. The number of nitrogens with one attached hydrogen (secondary N) is 1. The van der Waals surface area contributed by atoms with Crippen LogP contribution in [-0.2, 0) is 14.4 Å². The molecule has 100 valence electrons. The maximum atomic E-state index is 12.0. The SMILES string of the molecule is Cc1ccsc1C=CC(=O)N1CC(=O)NC(=O)C1C. The molecule has 0 saturated carbocycles. The van der Waals surface area contributed by atoms with Crippen molar-refractivity contribution >= 4 is 35.1 Å². The molecule has 1 unspecified atom stereocenters. The molecule has 0 aliphatic carbocycles. The van der Waals surface area contributed by atoms with Gasteiger partial charge in [0.2, 0.25) is 17.7 Å². The molecule has 0 aromatic carbocycles. The van der Waals surface area contributed by atoms with Crippen LogP contribution in [0.2, 0.25) is 0 Å². The first-order valence-electron chi connectivity index (χ1n) is 5.85. The minimum absolute atomic E-state index is 0.0838. The minimum atomic E-state index is -0.626. The number of nitrogens with zero attached hydrogens (tertiary/aromatic N) is 1. The molecule has 0 bridgehead atoms. The van der Waals surface area contributed by atoms with Gasteiger partial charge in [-0.25, -0.2) is 0 Å². The highest BCUT2D eigenvalue weighted by Crippen LogP contribution is 2.17. The van der Waals surface area contributed by atoms with Crippen LogP contribution in [0.5, 0.6) is 0 Å². The quantitative estimate of drug-likeness (QED) is 0.647. The van der Waals surface area contributed by atoms with Gasteiger partial charge in [0.05, 0.1) is 0 Å². The van der Waals surface area contributed by atoms with E-state index >= 15 is 0 Å². The van der Waals surface area contributed by atoms with Crippen LogP contribution >= 0.6 is 11.3 Å². The van der Waals surface area contributed by atoms with Gasteiger partial charge >= 0.3 is 0 Å². The number of hydrogen-bond donors (Lipinski definition) is 1. The van der Waals surface area contributed by atoms with E-state index in [1.54, 1.807) is 13.0 Å². The van der Waals surface area contributed by atoms with Gasteiger partial charge < -0.3 is 4.90 Å². The van der Waals surface area contributed by atoms with Crippen LogP contribution in [0.25, 0.3) is 6.08 Å². The van der Waals surface area contributed by atoms with E-state index in [4.69, 9.17) is 0 Å². The van der Waals surface area contributed by atoms with Crippen molar-refractivity contribution in [2.24, 2.45) is 0 Å². The van der Waals surface area contributed by atoms with Gasteiger partial charge in [0.25, 0.3) is 0 Å². The zero-order chi connectivity index (χ0) is 14.0. The maximum Gasteiger partial charge on any atom is 0.249 e. The topological polar surface area (TPSA) is 66.5 Å². The van der Waals surface area contributed by atoms with Gasteiger partial charge in [0.15, 0.2) is 0 Å². The highest BCUT2D eigenvalue weighted by atomic mass is 32.1. The Labute approximate surface area is 114 Å². The van der Waals surface area contributed by atoms with Crippen molar-refractivity contribution in [3.63, 3.8) is 0 Å². The van der Waals surface area contributed by atoms with Crippen molar-refractivity contribution in [3.8, 4) is 0 Å². The summed E-state index contributed by atoms with van der Waals surface area (Å²) in [5.41, 5.74) is 1.09. The molecule has 1 fully saturated rings. The normalized spacial score (nSPS) is 19.9. The molecule has 3 amide bonds. The molecule has 1 aliphatic heterocycles. The van der Waals surface area contributed by atoms with E-state index in [0.29, 0.717) is 0 Å². The second-order valence-corrected chi connectivity index (χ2v) is 5.30. The molecule has 1 aromatic rings. The maximum absolute atomic E-state index is 12.0. The summed E-state index contributed by atoms with van der Waals surface area (Å²) in [5, 5.41) is 4.14. The first-order valence-corrected chi connectivity index (χ1v) is 6.73. The lowest BCUT2D eigenvalue weighted by Crippen LogP contribution is -2.58. The zero-order valence-electron chi connectivity index (χ0n) is 10.7. The summed E-state index contributed by atoms with van der Waals surface area (Å²) in [6, 6.07) is 1.34. The Morgan fingerprint density at radius 3 is 2.89 bits per heavy atom. The fourth-order valence-corrected chi connectivity index (χ4v) is 2.60. The Kier molecular flexibility index (Phi) is 3.80. The van der Waals surface area contributed by atoms with E-state index in [2.05, 4.69) is 5.32 Å². The largest absolute Gasteiger partial charge is 0.318 e. The van der Waals surface area contributed by atoms with E-state index in [9.17, 15) is 14.4 Å². The number of carbonyl (C=O) groups is 3. The number of thiophene rings is 1. The number of imide groups is 1. The lowest BCUT2D eigenvalue weighted by molar-refractivity contribution is -0.147. The zero-order valence-corrected chi connectivity index (χ0v) is 11.5. The van der Waals surface area contributed by atoms with E-state index in [1.807, 2.05) is 18.4 Å². The number of amides is 3. The molecule has 1 aliphatic rings. The van der Waals surface area contributed by atoms with Gasteiger partial charge in [0, 0.05) is 11.0 Å². The number of aryl methyl sites for hydroxylation is 1. The molecular formula is C13H14N2O3S. The van der Waals surface area contributed by atoms with Crippen LogP contribution < -0.4 is 5.32 Å². The van der Waals surface area contributed by atoms with Crippen LogP contribution in [0.15, 0.2) is 17.5 Å². The lowest BCUT2D eigenvalue weighted by Gasteiger charge is -2.30. The third kappa shape index (κ3) is 2.90. The van der Waals surface area contributed by atoms with Crippen molar-refractivity contribution in [3.05, 3.63) is 28.0 Å². The fraction of sp³-hybridized carbons (Fsp3) is 0.308. The highest BCUT2D eigenvalue weighted by Gasteiger charge is 2.32. The lowest BCUT2D eigenvalue weighted by atomic mass is 10.2. The van der Waals surface area contributed by atoms with Crippen LogP contribution in [0, 0.1) is 6.92 Å². The van der Waals surface area contributed by atoms with Crippen LogP contribution in [0.1, 0.15) is 17.4 Å². The number of piperazine rings is 1. The Morgan fingerprint density at radius 2 is 2.26 bits per heavy atom. The highest BCUT2D eigenvalue weighted by molar-refractivity contribution is 7.11. The van der Waals surface area contributed by atoms with Crippen molar-refractivity contribution < 1.29 is 14.4 Å². The Hall–Kier alpha value is -1.95. The standard InChI is InChI=1S/C13H14N2O3S/c1-8-5-6-19-10(8)3-4-12(17)15-7-11(16)14-13(18)9(15)2/h3-6,9H,7H2,1-2H3,(H,14,16,18). The summed E-state index contributed by atoms with van der Waals surface area (Å²) in [4.78, 5) is 37.0. The molecular weight excluding hydrogens is 264 g/mol. The average Bonchev–Trinajstić information content (AvgIpc) is 2.76. The van der Waals surface area contributed by atoms with Gasteiger partial charge in [-0.3, -0.25) is 19.7 Å². The Morgan fingerprint density at radius 1 is 1.53 bits per heavy atom. The average molecular weight is 278 g/mol. The summed E-state index contributed by atoms with van der Waals surface area (Å²) in [6.07, 6.45) is 3.12. The summed E-state index contributed by atoms with van der Waals surface area (Å²) in [5.74, 6) is -1.22. The number of hydrogen-bond acceptors (Lipinski definition) is 4. The smallest absolute Gasteiger partial charge is 0.249 e. The van der Waals surface area contributed by atoms with Gasteiger partial charge in [-0.2, -0.15) is 0 Å². The minimum Gasteiger partial charge on any atom is -0.318 e. The molecule has 0 spiro atoms. The summed E-state index contributed by atoms with van der Waals surface area (Å²) < 4.78 is 0. The third-order valence-corrected chi connectivity index (χ3v) is 3.97. The first-order chi connectivity index (χ1) is 8.99. The second-order valence-electron chi connectivity index (χ2n) is 4.36. The molecule has 1 atom stereocenters. The Bertz CT molecular complexity index is 562. The molecule has 1 aromatic heterocycles. The van der Waals surface area contributed by atoms with Crippen LogP contribution in [-0.4, -0.2) is 35.2 Å². The summed E-state index contributed by atoms with van der Waals surface area (Å²) >= 11 is 1.54. The molecule has 6 heteroatoms. The summed E-state index contributed by atoms with van der Waals surface area (Å²) in [6.45, 7) is 3.48. The second kappa shape index (κ2) is 5.36. The number of carbonyl (C=O) groups excluding carboxylic acids is 3. The number of rotatable bonds is 2. The predicted molar refractivity (Wildman–Crippen MR) is 72.4 cm³/mol. The molecule has 1 saturated heterocycles. The van der Waals surface area contributed by atoms with Crippen molar-refractivity contribution in [1.82, 2.24) is 10.2 Å². The van der Waals surface area contributed by atoms with Gasteiger partial charge in [0.1, 0.15) is 12.6 Å². The van der Waals surface area contributed by atoms with Crippen LogP contribution in [0.3, 0.4) is 0 Å². The van der Waals surface area contributed by atoms with Gasteiger partial charge in [-0.05, 0) is 36.9 Å². The molecule has 1 N–H and O–H groups in total. The van der Waals surface area contributed by atoms with Gasteiger partial charge in [-0.15, -0.1) is 11.3 Å². The van der Waals surface area contributed by atoms with Crippen molar-refractivity contribution in [2.45, 2.75) is 19.9 Å². The Balaban J connectivity index is 2.11. The molecule has 0 radical (unpaired) electrons. The predicted octanol–water partition coefficient (Wildman–Crippen LogP) is 0.943. The van der Waals surface area contributed by atoms with E-state index in [1.165, 1.54) is 22.3 Å². The van der Waals surface area contributed by atoms with Crippen LogP contribution in [0.4, 0.5) is 0 Å². The molecule has 19 heavy (non-hydrogen) atoms. The van der Waals surface area contributed by atoms with Crippen molar-refractivity contribution in [1.29, 1.82) is 0 Å². The van der Waals surface area contributed by atoms with E-state index in [0.717, 1.165) is 10.4 Å². The van der Waals surface area contributed by atoms with E-state index < -0.39 is 17.9 Å². The van der Waals surface area contributed by atoms with Crippen molar-refractivity contribution in [2.75, 3.05) is 6.54 Å². The fourth-order valence-electron chi connectivity index (χ4n) is 1.78.